The summed E-state index contributed by atoms with van der Waals surface area (Å²) in [6, 6.07) is 5.69. The largest absolute Gasteiger partial charge is 0.378 e. The maximum absolute atomic E-state index is 5.33. The van der Waals surface area contributed by atoms with Gasteiger partial charge in [-0.3, -0.25) is 4.98 Å². The Morgan fingerprint density at radius 2 is 2.00 bits per heavy atom. The lowest BCUT2D eigenvalue weighted by atomic mass is 10.4. The van der Waals surface area contributed by atoms with Crippen LogP contribution in [0.4, 0.5) is 17.5 Å². The number of ether oxygens (including phenoxy) is 1. The lowest BCUT2D eigenvalue weighted by molar-refractivity contribution is 0.122. The summed E-state index contributed by atoms with van der Waals surface area (Å²) in [7, 11) is 0. The van der Waals surface area contributed by atoms with Crippen LogP contribution in [0.2, 0.25) is 0 Å². The molecule has 0 spiro atoms. The van der Waals surface area contributed by atoms with Gasteiger partial charge < -0.3 is 15.0 Å². The molecule has 1 N–H and O–H groups in total. The maximum Gasteiger partial charge on any atom is 0.152 e. The van der Waals surface area contributed by atoms with Crippen molar-refractivity contribution in [1.29, 1.82) is 0 Å². The molecule has 0 aromatic carbocycles. The first-order valence-corrected chi connectivity index (χ1v) is 6.24. The lowest BCUT2D eigenvalue weighted by Crippen LogP contribution is -2.36. The molecule has 2 aromatic rings. The molecule has 2 aromatic heterocycles. The summed E-state index contributed by atoms with van der Waals surface area (Å²) in [6.45, 7) is 3.17. The standard InChI is InChI=1S/C13H15N5O/c1-2-4-15-11(3-1)16-12-9-14-10-13(17-12)18-5-7-19-8-6-18/h1-4,9-10H,5-8H2,(H,15,16,17). The molecule has 6 heteroatoms. The Hall–Kier alpha value is -2.21. The van der Waals surface area contributed by atoms with E-state index in [9.17, 15) is 0 Å². The number of aromatic nitrogens is 3. The Kier molecular flexibility index (Phi) is 3.51. The summed E-state index contributed by atoms with van der Waals surface area (Å²) in [5, 5.41) is 3.14. The minimum atomic E-state index is 0.697. The summed E-state index contributed by atoms with van der Waals surface area (Å²) in [5.74, 6) is 2.32. The molecule has 19 heavy (non-hydrogen) atoms. The van der Waals surface area contributed by atoms with Crippen molar-refractivity contribution in [2.24, 2.45) is 0 Å². The molecular weight excluding hydrogens is 242 g/mol. The van der Waals surface area contributed by atoms with Crippen molar-refractivity contribution in [3.8, 4) is 0 Å². The third kappa shape index (κ3) is 2.97. The van der Waals surface area contributed by atoms with Crippen molar-refractivity contribution in [2.45, 2.75) is 0 Å². The van der Waals surface area contributed by atoms with E-state index < -0.39 is 0 Å². The van der Waals surface area contributed by atoms with Crippen LogP contribution < -0.4 is 10.2 Å². The number of hydrogen-bond donors (Lipinski definition) is 1. The highest BCUT2D eigenvalue weighted by Gasteiger charge is 2.13. The number of nitrogens with zero attached hydrogens (tertiary/aromatic N) is 4. The van der Waals surface area contributed by atoms with Gasteiger partial charge in [0.25, 0.3) is 0 Å². The van der Waals surface area contributed by atoms with E-state index in [1.54, 1.807) is 18.6 Å². The fourth-order valence-electron chi connectivity index (χ4n) is 1.93. The summed E-state index contributed by atoms with van der Waals surface area (Å²) in [4.78, 5) is 15.1. The quantitative estimate of drug-likeness (QED) is 0.898. The average Bonchev–Trinajstić information content (AvgIpc) is 2.49. The Morgan fingerprint density at radius 3 is 2.79 bits per heavy atom. The molecule has 98 valence electrons. The van der Waals surface area contributed by atoms with Gasteiger partial charge in [-0.1, -0.05) is 6.07 Å². The minimum Gasteiger partial charge on any atom is -0.378 e. The van der Waals surface area contributed by atoms with E-state index in [1.165, 1.54) is 0 Å². The highest BCUT2D eigenvalue weighted by molar-refractivity contribution is 5.53. The van der Waals surface area contributed by atoms with Gasteiger partial charge in [0.05, 0.1) is 25.6 Å². The molecule has 0 amide bonds. The van der Waals surface area contributed by atoms with E-state index in [0.29, 0.717) is 5.82 Å². The summed E-state index contributed by atoms with van der Waals surface area (Å²) >= 11 is 0. The van der Waals surface area contributed by atoms with Gasteiger partial charge in [0.1, 0.15) is 11.6 Å². The topological polar surface area (TPSA) is 63.2 Å². The van der Waals surface area contributed by atoms with Crippen molar-refractivity contribution in [2.75, 3.05) is 36.5 Å². The first kappa shape index (κ1) is 11.9. The molecular formula is C13H15N5O. The van der Waals surface area contributed by atoms with E-state index in [2.05, 4.69) is 25.2 Å². The summed E-state index contributed by atoms with van der Waals surface area (Å²) in [6.07, 6.45) is 5.20. The number of morpholine rings is 1. The van der Waals surface area contributed by atoms with Crippen LogP contribution >= 0.6 is 0 Å². The van der Waals surface area contributed by atoms with Crippen molar-refractivity contribution >= 4 is 17.5 Å². The molecule has 0 aliphatic carbocycles. The van der Waals surface area contributed by atoms with E-state index in [1.807, 2.05) is 18.2 Å². The molecule has 3 rings (SSSR count). The van der Waals surface area contributed by atoms with E-state index in [-0.39, 0.29) is 0 Å². The van der Waals surface area contributed by atoms with Crippen LogP contribution in [-0.2, 0) is 4.74 Å². The highest BCUT2D eigenvalue weighted by Crippen LogP contribution is 2.16. The van der Waals surface area contributed by atoms with Gasteiger partial charge in [0, 0.05) is 19.3 Å². The van der Waals surface area contributed by atoms with Crippen molar-refractivity contribution < 1.29 is 4.74 Å². The van der Waals surface area contributed by atoms with Crippen LogP contribution in [0.5, 0.6) is 0 Å². The van der Waals surface area contributed by atoms with E-state index in [0.717, 1.165) is 37.9 Å². The van der Waals surface area contributed by atoms with E-state index in [4.69, 9.17) is 4.74 Å². The Labute approximate surface area is 111 Å². The van der Waals surface area contributed by atoms with Gasteiger partial charge in [-0.05, 0) is 12.1 Å². The fraction of sp³-hybridized carbons (Fsp3) is 0.308. The summed E-state index contributed by atoms with van der Waals surface area (Å²) in [5.41, 5.74) is 0. The number of rotatable bonds is 3. The van der Waals surface area contributed by atoms with Gasteiger partial charge in [-0.2, -0.15) is 0 Å². The monoisotopic (exact) mass is 257 g/mol. The van der Waals surface area contributed by atoms with Crippen molar-refractivity contribution in [3.05, 3.63) is 36.8 Å². The third-order valence-corrected chi connectivity index (χ3v) is 2.88. The molecule has 1 saturated heterocycles. The predicted molar refractivity (Wildman–Crippen MR) is 72.6 cm³/mol. The Balaban J connectivity index is 1.76. The molecule has 6 nitrogen and oxygen atoms in total. The highest BCUT2D eigenvalue weighted by atomic mass is 16.5. The zero-order chi connectivity index (χ0) is 12.9. The predicted octanol–water partition coefficient (Wildman–Crippen LogP) is 1.45. The van der Waals surface area contributed by atoms with E-state index >= 15 is 0 Å². The third-order valence-electron chi connectivity index (χ3n) is 2.88. The lowest BCUT2D eigenvalue weighted by Gasteiger charge is -2.27. The van der Waals surface area contributed by atoms with Crippen LogP contribution in [0, 0.1) is 0 Å². The van der Waals surface area contributed by atoms with Gasteiger partial charge in [0.15, 0.2) is 5.82 Å². The molecule has 1 aliphatic rings. The normalized spacial score (nSPS) is 15.3. The molecule has 0 bridgehead atoms. The fourth-order valence-corrected chi connectivity index (χ4v) is 1.93. The van der Waals surface area contributed by atoms with Gasteiger partial charge in [0.2, 0.25) is 0 Å². The SMILES string of the molecule is c1ccc(Nc2cncc(N3CCOCC3)n2)nc1. The van der Waals surface area contributed by atoms with Crippen LogP contribution in [0.3, 0.4) is 0 Å². The second kappa shape index (κ2) is 5.62. The van der Waals surface area contributed by atoms with Crippen LogP contribution in [0.25, 0.3) is 0 Å². The molecule has 1 fully saturated rings. The van der Waals surface area contributed by atoms with Gasteiger partial charge in [-0.15, -0.1) is 0 Å². The number of hydrogen-bond acceptors (Lipinski definition) is 6. The summed E-state index contributed by atoms with van der Waals surface area (Å²) < 4.78 is 5.33. The first-order valence-electron chi connectivity index (χ1n) is 6.24. The molecule has 0 radical (unpaired) electrons. The first-order chi connectivity index (χ1) is 9.42. The second-order valence-corrected chi connectivity index (χ2v) is 4.20. The molecule has 1 aliphatic heterocycles. The zero-order valence-corrected chi connectivity index (χ0v) is 10.5. The molecule has 3 heterocycles. The average molecular weight is 257 g/mol. The number of pyridine rings is 1. The Bertz CT molecular complexity index is 528. The van der Waals surface area contributed by atoms with Crippen molar-refractivity contribution in [3.63, 3.8) is 0 Å². The Morgan fingerprint density at radius 1 is 1.11 bits per heavy atom. The molecule has 0 unspecified atom stereocenters. The molecule has 0 atom stereocenters. The van der Waals surface area contributed by atoms with Crippen LogP contribution in [-0.4, -0.2) is 41.3 Å². The van der Waals surface area contributed by atoms with Crippen LogP contribution in [0.1, 0.15) is 0 Å². The number of nitrogens with one attached hydrogen (secondary N) is 1. The van der Waals surface area contributed by atoms with Gasteiger partial charge >= 0.3 is 0 Å². The van der Waals surface area contributed by atoms with Crippen LogP contribution in [0.15, 0.2) is 36.8 Å². The van der Waals surface area contributed by atoms with Crippen molar-refractivity contribution in [1.82, 2.24) is 15.0 Å². The second-order valence-electron chi connectivity index (χ2n) is 4.20. The minimum absolute atomic E-state index is 0.697. The number of anilines is 3. The smallest absolute Gasteiger partial charge is 0.152 e. The maximum atomic E-state index is 5.33. The van der Waals surface area contributed by atoms with Gasteiger partial charge in [-0.25, -0.2) is 9.97 Å². The zero-order valence-electron chi connectivity index (χ0n) is 10.5. The molecule has 0 saturated carbocycles.